The molecule has 9 heteroatoms. The van der Waals surface area contributed by atoms with E-state index < -0.39 is 0 Å². The van der Waals surface area contributed by atoms with Gasteiger partial charge in [-0.25, -0.2) is 4.98 Å². The van der Waals surface area contributed by atoms with Gasteiger partial charge in [-0.15, -0.1) is 21.6 Å². The second-order valence-electron chi connectivity index (χ2n) is 10.8. The van der Waals surface area contributed by atoms with Crippen molar-refractivity contribution in [2.75, 3.05) is 27.0 Å². The van der Waals surface area contributed by atoms with Crippen molar-refractivity contribution in [3.63, 3.8) is 0 Å². The molecular weight excluding hydrogens is 565 g/mol. The number of benzene rings is 5. The number of aromatic nitrogens is 1. The highest BCUT2D eigenvalue weighted by molar-refractivity contribution is 7.13. The van der Waals surface area contributed by atoms with Crippen LogP contribution >= 0.6 is 11.3 Å². The number of anilines is 5. The molecule has 8 nitrogen and oxygen atoms in total. The molecule has 6 aromatic rings. The van der Waals surface area contributed by atoms with Gasteiger partial charge in [0, 0.05) is 44.9 Å². The van der Waals surface area contributed by atoms with E-state index in [1.807, 2.05) is 41.8 Å². The van der Waals surface area contributed by atoms with Crippen LogP contribution in [0.4, 0.5) is 39.3 Å². The smallest absolute Gasteiger partial charge is 0.201 e. The minimum absolute atomic E-state index is 0.389. The van der Waals surface area contributed by atoms with Crippen molar-refractivity contribution in [3.05, 3.63) is 108 Å². The Hall–Kier alpha value is -5.15. The Morgan fingerprint density at radius 3 is 1.75 bits per heavy atom. The molecule has 6 rings (SSSR count). The fourth-order valence-corrected chi connectivity index (χ4v) is 5.56. The predicted octanol–water partition coefficient (Wildman–Crippen LogP) is 10.6. The van der Waals surface area contributed by atoms with Gasteiger partial charge in [-0.2, -0.15) is 0 Å². The van der Waals surface area contributed by atoms with E-state index in [1.54, 1.807) is 17.5 Å². The van der Waals surface area contributed by atoms with Gasteiger partial charge >= 0.3 is 0 Å². The summed E-state index contributed by atoms with van der Waals surface area (Å²) in [7, 11) is 0. The molecule has 1 heterocycles. The van der Waals surface area contributed by atoms with E-state index in [0.717, 1.165) is 78.3 Å². The first-order valence-corrected chi connectivity index (χ1v) is 15.6. The van der Waals surface area contributed by atoms with Crippen LogP contribution in [0.15, 0.2) is 107 Å². The number of thiazole rings is 1. The van der Waals surface area contributed by atoms with Gasteiger partial charge in [0.05, 0.1) is 28.4 Å². The fraction of sp³-hybridized carbons (Fsp3) is 0.171. The summed E-state index contributed by atoms with van der Waals surface area (Å²) in [6, 6.07) is 29.4. The lowest BCUT2D eigenvalue weighted by Gasteiger charge is -2.17. The number of nitrogens with zero attached hydrogens (tertiary/aromatic N) is 3. The molecule has 5 aromatic carbocycles. The summed E-state index contributed by atoms with van der Waals surface area (Å²) in [4.78, 5) is 4.26. The molecule has 0 bridgehead atoms. The third kappa shape index (κ3) is 6.28. The first kappa shape index (κ1) is 28.9. The SMILES string of the molecule is CCC(C)Nc1ccc(N=Nc2ccc(NNc3cc(C)c(NNc4nccs4)cc3C)c3ccccc23)c2ccccc12. The molecule has 0 saturated carbocycles. The standard InChI is InChI=1S/C35H36N8S/c1-5-24(4)37-29-14-15-30(26-11-7-6-10-25(26)29)38-39-31-16-17-32(28-13-9-8-12-27(28)31)40-41-33-20-23(3)34(21-22(33)2)42-43-35-36-18-19-44-35/h6-21,24,37,40-42H,5H2,1-4H3,(H,36,43). The maximum atomic E-state index is 4.73. The molecule has 0 radical (unpaired) electrons. The van der Waals surface area contributed by atoms with E-state index in [2.05, 4.69) is 108 Å². The molecule has 1 unspecified atom stereocenters. The number of hydrogen-bond donors (Lipinski definition) is 5. The minimum Gasteiger partial charge on any atom is -0.382 e. The van der Waals surface area contributed by atoms with Crippen LogP contribution in [0.2, 0.25) is 0 Å². The summed E-state index contributed by atoms with van der Waals surface area (Å²) in [5.74, 6) is 0. The van der Waals surface area contributed by atoms with Gasteiger partial charge in [0.1, 0.15) is 0 Å². The highest BCUT2D eigenvalue weighted by Gasteiger charge is 2.10. The van der Waals surface area contributed by atoms with Crippen molar-refractivity contribution in [1.82, 2.24) is 4.98 Å². The van der Waals surface area contributed by atoms with Crippen molar-refractivity contribution >= 4 is 72.1 Å². The number of azo groups is 1. The van der Waals surface area contributed by atoms with E-state index in [-0.39, 0.29) is 0 Å². The molecule has 0 fully saturated rings. The molecule has 0 amide bonds. The summed E-state index contributed by atoms with van der Waals surface area (Å²) in [5, 5.41) is 20.1. The van der Waals surface area contributed by atoms with Crippen molar-refractivity contribution in [1.29, 1.82) is 0 Å². The number of hydrazine groups is 2. The van der Waals surface area contributed by atoms with Crippen molar-refractivity contribution in [2.45, 2.75) is 40.2 Å². The average molecular weight is 601 g/mol. The minimum atomic E-state index is 0.389. The van der Waals surface area contributed by atoms with Crippen LogP contribution < -0.4 is 27.0 Å². The third-order valence-electron chi connectivity index (χ3n) is 7.72. The zero-order valence-electron chi connectivity index (χ0n) is 25.3. The lowest BCUT2D eigenvalue weighted by atomic mass is 10.1. The van der Waals surface area contributed by atoms with E-state index in [0.29, 0.717) is 6.04 Å². The molecule has 44 heavy (non-hydrogen) atoms. The number of hydrogen-bond acceptors (Lipinski definition) is 9. The van der Waals surface area contributed by atoms with Crippen LogP contribution in [0, 0.1) is 13.8 Å². The molecule has 0 aliphatic heterocycles. The van der Waals surface area contributed by atoms with E-state index in [9.17, 15) is 0 Å². The summed E-state index contributed by atoms with van der Waals surface area (Å²) < 4.78 is 0. The van der Waals surface area contributed by atoms with Gasteiger partial charge in [-0.3, -0.25) is 10.9 Å². The van der Waals surface area contributed by atoms with Gasteiger partial charge in [0.15, 0.2) is 0 Å². The van der Waals surface area contributed by atoms with Crippen LogP contribution in [0.25, 0.3) is 21.5 Å². The molecule has 222 valence electrons. The Bertz CT molecular complexity index is 1930. The largest absolute Gasteiger partial charge is 0.382 e. The predicted molar refractivity (Wildman–Crippen MR) is 188 cm³/mol. The van der Waals surface area contributed by atoms with Gasteiger partial charge in [-0.1, -0.05) is 55.5 Å². The van der Waals surface area contributed by atoms with Crippen molar-refractivity contribution in [2.24, 2.45) is 10.2 Å². The van der Waals surface area contributed by atoms with Gasteiger partial charge in [0.2, 0.25) is 5.13 Å². The highest BCUT2D eigenvalue weighted by atomic mass is 32.1. The Morgan fingerprint density at radius 2 is 1.18 bits per heavy atom. The van der Waals surface area contributed by atoms with Crippen LogP contribution in [-0.2, 0) is 0 Å². The van der Waals surface area contributed by atoms with E-state index in [1.165, 1.54) is 0 Å². The first-order valence-electron chi connectivity index (χ1n) is 14.8. The van der Waals surface area contributed by atoms with Gasteiger partial charge in [-0.05, 0) is 74.7 Å². The summed E-state index contributed by atoms with van der Waals surface area (Å²) in [5.41, 5.74) is 21.2. The molecule has 5 N–H and O–H groups in total. The number of rotatable bonds is 11. The third-order valence-corrected chi connectivity index (χ3v) is 8.41. The molecule has 1 atom stereocenters. The zero-order valence-corrected chi connectivity index (χ0v) is 26.1. The van der Waals surface area contributed by atoms with E-state index >= 15 is 0 Å². The first-order chi connectivity index (χ1) is 21.5. The summed E-state index contributed by atoms with van der Waals surface area (Å²) >= 11 is 1.55. The molecule has 0 spiro atoms. The maximum Gasteiger partial charge on any atom is 0.201 e. The number of fused-ring (bicyclic) bond motifs is 2. The zero-order chi connectivity index (χ0) is 30.5. The Balaban J connectivity index is 1.22. The normalized spacial score (nSPS) is 12.0. The van der Waals surface area contributed by atoms with Crippen LogP contribution in [0.1, 0.15) is 31.4 Å². The lowest BCUT2D eigenvalue weighted by molar-refractivity contribution is 0.765. The van der Waals surface area contributed by atoms with E-state index in [4.69, 9.17) is 10.2 Å². The lowest BCUT2D eigenvalue weighted by Crippen LogP contribution is -2.13. The number of aryl methyl sites for hydroxylation is 2. The van der Waals surface area contributed by atoms with Gasteiger partial charge < -0.3 is 16.2 Å². The maximum absolute atomic E-state index is 4.73. The second-order valence-corrected chi connectivity index (χ2v) is 11.7. The van der Waals surface area contributed by atoms with Crippen LogP contribution in [-0.4, -0.2) is 11.0 Å². The average Bonchev–Trinajstić information content (AvgIpc) is 3.58. The monoisotopic (exact) mass is 600 g/mol. The quantitative estimate of drug-likeness (QED) is 0.0750. The Labute approximate surface area is 261 Å². The summed E-state index contributed by atoms with van der Waals surface area (Å²) in [6.45, 7) is 8.54. The fourth-order valence-electron chi connectivity index (χ4n) is 5.08. The molecule has 0 aliphatic carbocycles. The Morgan fingerprint density at radius 1 is 0.659 bits per heavy atom. The second kappa shape index (κ2) is 13.0. The molecular formula is C35H36N8S. The van der Waals surface area contributed by atoms with Crippen molar-refractivity contribution < 1.29 is 0 Å². The van der Waals surface area contributed by atoms with Gasteiger partial charge in [0.25, 0.3) is 0 Å². The van der Waals surface area contributed by atoms with Crippen molar-refractivity contribution in [3.8, 4) is 0 Å². The molecule has 1 aromatic heterocycles. The topological polar surface area (TPSA) is 97.8 Å². The Kier molecular flexibility index (Phi) is 8.56. The van der Waals surface area contributed by atoms with Crippen LogP contribution in [0.5, 0.6) is 0 Å². The highest BCUT2D eigenvalue weighted by Crippen LogP contribution is 2.36. The van der Waals surface area contributed by atoms with Crippen LogP contribution in [0.3, 0.4) is 0 Å². The summed E-state index contributed by atoms with van der Waals surface area (Å²) in [6.07, 6.45) is 2.83. The molecule has 0 aliphatic rings. The number of nitrogens with one attached hydrogen (secondary N) is 5. The molecule has 0 saturated heterocycles.